The molecule has 0 radical (unpaired) electrons. The van der Waals surface area contributed by atoms with Gasteiger partial charge in [-0.3, -0.25) is 9.59 Å². The van der Waals surface area contributed by atoms with Gasteiger partial charge in [0.15, 0.2) is 0 Å². The third-order valence-electron chi connectivity index (χ3n) is 11.8. The van der Waals surface area contributed by atoms with Gasteiger partial charge in [0, 0.05) is 12.8 Å². The Balaban J connectivity index is 3.53. The standard InChI is InChI=1S/C51H99NO5/c1-3-5-7-9-11-13-15-17-18-19-20-21-22-23-24-27-31-35-39-43-49(54)48(47-53)52-50(55)44-40-36-32-28-26-30-34-38-42-46-57-51(56)45-41-37-33-29-25-16-14-12-10-8-6-4-2/h39,43,48-49,53-54H,3-38,40-42,44-47H2,1-2H3,(H,52,55)/b43-39+. The van der Waals surface area contributed by atoms with Crippen LogP contribution in [0.3, 0.4) is 0 Å². The summed E-state index contributed by atoms with van der Waals surface area (Å²) in [6.07, 6.45) is 53.5. The van der Waals surface area contributed by atoms with E-state index in [1.54, 1.807) is 6.08 Å². The number of hydrogen-bond acceptors (Lipinski definition) is 5. The zero-order valence-corrected chi connectivity index (χ0v) is 38.3. The Morgan fingerprint density at radius 3 is 1.19 bits per heavy atom. The van der Waals surface area contributed by atoms with Crippen LogP contribution in [0.5, 0.6) is 0 Å². The summed E-state index contributed by atoms with van der Waals surface area (Å²) in [5, 5.41) is 23.1. The number of aliphatic hydroxyl groups excluding tert-OH is 2. The Morgan fingerprint density at radius 2 is 0.807 bits per heavy atom. The lowest BCUT2D eigenvalue weighted by atomic mass is 10.0. The molecule has 6 heteroatoms. The molecule has 0 heterocycles. The van der Waals surface area contributed by atoms with Crippen LogP contribution in [0.4, 0.5) is 0 Å². The molecule has 0 aliphatic heterocycles. The van der Waals surface area contributed by atoms with Gasteiger partial charge >= 0.3 is 5.97 Å². The lowest BCUT2D eigenvalue weighted by Gasteiger charge is -2.20. The molecule has 0 aromatic carbocycles. The van der Waals surface area contributed by atoms with Gasteiger partial charge in [-0.15, -0.1) is 0 Å². The van der Waals surface area contributed by atoms with Crippen LogP contribution >= 0.6 is 0 Å². The number of rotatable bonds is 47. The Hall–Kier alpha value is -1.40. The van der Waals surface area contributed by atoms with Crippen molar-refractivity contribution in [1.82, 2.24) is 5.32 Å². The highest BCUT2D eigenvalue weighted by Crippen LogP contribution is 2.16. The number of aliphatic hydroxyl groups is 2. The van der Waals surface area contributed by atoms with E-state index in [1.165, 1.54) is 193 Å². The number of ether oxygens (including phenoxy) is 1. The van der Waals surface area contributed by atoms with Crippen molar-refractivity contribution < 1.29 is 24.5 Å². The first kappa shape index (κ1) is 55.6. The number of nitrogens with one attached hydrogen (secondary N) is 1. The molecule has 2 atom stereocenters. The van der Waals surface area contributed by atoms with Crippen molar-refractivity contribution in [3.63, 3.8) is 0 Å². The van der Waals surface area contributed by atoms with Crippen LogP contribution in [0.15, 0.2) is 12.2 Å². The lowest BCUT2D eigenvalue weighted by Crippen LogP contribution is -2.45. The van der Waals surface area contributed by atoms with Gasteiger partial charge in [-0.05, 0) is 32.1 Å². The molecule has 0 aliphatic rings. The second-order valence-corrected chi connectivity index (χ2v) is 17.5. The SMILES string of the molecule is CCCCCCCCCCCCCCCCCCC/C=C/C(O)C(CO)NC(=O)CCCCCCCCCCCOC(=O)CCCCCCCCCCCCCC. The van der Waals surface area contributed by atoms with Crippen molar-refractivity contribution in [2.45, 2.75) is 289 Å². The van der Waals surface area contributed by atoms with Gasteiger partial charge in [0.1, 0.15) is 0 Å². The van der Waals surface area contributed by atoms with Crippen LogP contribution < -0.4 is 5.32 Å². The fourth-order valence-electron chi connectivity index (χ4n) is 7.87. The number of amides is 1. The molecular weight excluding hydrogens is 707 g/mol. The summed E-state index contributed by atoms with van der Waals surface area (Å²) in [6, 6.07) is -0.646. The summed E-state index contributed by atoms with van der Waals surface area (Å²) in [7, 11) is 0. The van der Waals surface area contributed by atoms with E-state index in [-0.39, 0.29) is 18.5 Å². The van der Waals surface area contributed by atoms with Crippen LogP contribution in [0.2, 0.25) is 0 Å². The smallest absolute Gasteiger partial charge is 0.305 e. The fourth-order valence-corrected chi connectivity index (χ4v) is 7.87. The van der Waals surface area contributed by atoms with E-state index in [0.29, 0.717) is 19.4 Å². The maximum Gasteiger partial charge on any atom is 0.305 e. The maximum absolute atomic E-state index is 12.4. The van der Waals surface area contributed by atoms with Gasteiger partial charge in [0.2, 0.25) is 5.91 Å². The second-order valence-electron chi connectivity index (χ2n) is 17.5. The molecule has 6 nitrogen and oxygen atoms in total. The molecule has 0 saturated carbocycles. The van der Waals surface area contributed by atoms with E-state index < -0.39 is 12.1 Å². The molecule has 0 aromatic rings. The van der Waals surface area contributed by atoms with Crippen molar-refractivity contribution in [3.05, 3.63) is 12.2 Å². The van der Waals surface area contributed by atoms with Crippen molar-refractivity contribution >= 4 is 11.9 Å². The predicted molar refractivity (Wildman–Crippen MR) is 246 cm³/mol. The highest BCUT2D eigenvalue weighted by molar-refractivity contribution is 5.76. The van der Waals surface area contributed by atoms with Crippen LogP contribution in [0.1, 0.15) is 277 Å². The van der Waals surface area contributed by atoms with E-state index in [0.717, 1.165) is 57.8 Å². The molecule has 2 unspecified atom stereocenters. The molecule has 0 saturated heterocycles. The van der Waals surface area contributed by atoms with Crippen LogP contribution in [-0.2, 0) is 14.3 Å². The molecule has 338 valence electrons. The first-order chi connectivity index (χ1) is 28.0. The average molecular weight is 806 g/mol. The fraction of sp³-hybridized carbons (Fsp3) is 0.922. The summed E-state index contributed by atoms with van der Waals surface area (Å²) in [5.74, 6) is -0.119. The minimum Gasteiger partial charge on any atom is -0.466 e. The monoisotopic (exact) mass is 806 g/mol. The average Bonchev–Trinajstić information content (AvgIpc) is 3.21. The van der Waals surface area contributed by atoms with E-state index in [4.69, 9.17) is 4.74 Å². The predicted octanol–water partition coefficient (Wildman–Crippen LogP) is 15.0. The van der Waals surface area contributed by atoms with Gasteiger partial charge < -0.3 is 20.3 Å². The van der Waals surface area contributed by atoms with Crippen LogP contribution in [0, 0.1) is 0 Å². The second kappa shape index (κ2) is 47.3. The third-order valence-corrected chi connectivity index (χ3v) is 11.8. The number of unbranched alkanes of at least 4 members (excludes halogenated alkanes) is 36. The summed E-state index contributed by atoms with van der Waals surface area (Å²) in [5.41, 5.74) is 0. The van der Waals surface area contributed by atoms with Crippen molar-refractivity contribution in [3.8, 4) is 0 Å². The quantitative estimate of drug-likeness (QED) is 0.0323. The number of esters is 1. The molecule has 0 aliphatic carbocycles. The van der Waals surface area contributed by atoms with Gasteiger partial charge in [-0.25, -0.2) is 0 Å². The van der Waals surface area contributed by atoms with Gasteiger partial charge in [0.25, 0.3) is 0 Å². The number of carbonyl (C=O) groups excluding carboxylic acids is 2. The first-order valence-corrected chi connectivity index (χ1v) is 25.5. The van der Waals surface area contributed by atoms with Gasteiger partial charge in [-0.2, -0.15) is 0 Å². The zero-order valence-electron chi connectivity index (χ0n) is 38.3. The number of allylic oxidation sites excluding steroid dienone is 1. The molecule has 0 aromatic heterocycles. The molecule has 3 N–H and O–H groups in total. The van der Waals surface area contributed by atoms with Crippen LogP contribution in [-0.4, -0.2) is 47.4 Å². The topological polar surface area (TPSA) is 95.9 Å². The van der Waals surface area contributed by atoms with Gasteiger partial charge in [-0.1, -0.05) is 244 Å². The van der Waals surface area contributed by atoms with E-state index >= 15 is 0 Å². The van der Waals surface area contributed by atoms with Crippen molar-refractivity contribution in [1.29, 1.82) is 0 Å². The first-order valence-electron chi connectivity index (χ1n) is 25.5. The summed E-state index contributed by atoms with van der Waals surface area (Å²) < 4.78 is 5.44. The van der Waals surface area contributed by atoms with E-state index in [9.17, 15) is 19.8 Å². The number of carbonyl (C=O) groups is 2. The molecular formula is C51H99NO5. The molecule has 0 rings (SSSR count). The largest absolute Gasteiger partial charge is 0.466 e. The molecule has 1 amide bonds. The molecule has 0 spiro atoms. The summed E-state index contributed by atoms with van der Waals surface area (Å²) in [6.45, 7) is 4.85. The molecule has 57 heavy (non-hydrogen) atoms. The zero-order chi connectivity index (χ0) is 41.5. The van der Waals surface area contributed by atoms with Crippen molar-refractivity contribution in [2.75, 3.05) is 13.2 Å². The Bertz CT molecular complexity index is 847. The molecule has 0 bridgehead atoms. The van der Waals surface area contributed by atoms with Crippen molar-refractivity contribution in [2.24, 2.45) is 0 Å². The highest BCUT2D eigenvalue weighted by atomic mass is 16.5. The van der Waals surface area contributed by atoms with E-state index in [1.807, 2.05) is 6.08 Å². The summed E-state index contributed by atoms with van der Waals surface area (Å²) in [4.78, 5) is 24.4. The Kier molecular flexibility index (Phi) is 46.1. The van der Waals surface area contributed by atoms with Crippen LogP contribution in [0.25, 0.3) is 0 Å². The highest BCUT2D eigenvalue weighted by Gasteiger charge is 2.18. The lowest BCUT2D eigenvalue weighted by molar-refractivity contribution is -0.143. The summed E-state index contributed by atoms with van der Waals surface area (Å²) >= 11 is 0. The number of hydrogen-bond donors (Lipinski definition) is 3. The molecule has 0 fully saturated rings. The minimum atomic E-state index is -0.860. The minimum absolute atomic E-state index is 0.0262. The maximum atomic E-state index is 12.4. The Morgan fingerprint density at radius 1 is 0.474 bits per heavy atom. The van der Waals surface area contributed by atoms with E-state index in [2.05, 4.69) is 19.2 Å². The Labute approximate surface area is 355 Å². The normalized spacial score (nSPS) is 12.7. The third kappa shape index (κ3) is 44.0. The van der Waals surface area contributed by atoms with Gasteiger partial charge in [0.05, 0.1) is 25.4 Å².